The highest BCUT2D eigenvalue weighted by molar-refractivity contribution is 6.14. The van der Waals surface area contributed by atoms with Crippen molar-refractivity contribution in [3.63, 3.8) is 0 Å². The van der Waals surface area contributed by atoms with Gasteiger partial charge in [0, 0.05) is 11.1 Å². The predicted molar refractivity (Wildman–Crippen MR) is 140 cm³/mol. The summed E-state index contributed by atoms with van der Waals surface area (Å²) in [5.41, 5.74) is 7.63. The highest BCUT2D eigenvalue weighted by Crippen LogP contribution is 2.46. The van der Waals surface area contributed by atoms with E-state index in [0.717, 1.165) is 36.1 Å². The lowest BCUT2D eigenvalue weighted by Gasteiger charge is -2.42. The van der Waals surface area contributed by atoms with Crippen molar-refractivity contribution in [1.29, 1.82) is 0 Å². The van der Waals surface area contributed by atoms with Crippen molar-refractivity contribution in [2.75, 3.05) is 13.7 Å². The van der Waals surface area contributed by atoms with Gasteiger partial charge < -0.3 is 9.57 Å². The standard InChI is InChI=1S/C30H41NO3/c1-8-9-10-11-18-34-31-27(22-12-14-23(15-13-22)28(32)33-7)24-20-26-25(19-21(24)2)29(3,4)16-17-30(26,5)6/h12-15,19-20H,8-11,16-18H2,1-7H3. The second-order valence-corrected chi connectivity index (χ2v) is 10.9. The molecular weight excluding hydrogens is 422 g/mol. The number of carbonyl (C=O) groups is 1. The molecule has 1 aliphatic rings. The fourth-order valence-electron chi connectivity index (χ4n) is 4.82. The second-order valence-electron chi connectivity index (χ2n) is 10.9. The number of hydrogen-bond acceptors (Lipinski definition) is 4. The summed E-state index contributed by atoms with van der Waals surface area (Å²) in [5, 5.41) is 4.65. The monoisotopic (exact) mass is 463 g/mol. The Hall–Kier alpha value is -2.62. The number of oxime groups is 1. The number of aryl methyl sites for hydroxylation is 1. The molecule has 0 aliphatic heterocycles. The van der Waals surface area contributed by atoms with Crippen LogP contribution in [0, 0.1) is 6.92 Å². The SMILES string of the molecule is CCCCCCON=C(c1ccc(C(=O)OC)cc1)c1cc2c(cc1C)C(C)(C)CCC2(C)C. The van der Waals surface area contributed by atoms with Crippen molar-refractivity contribution in [1.82, 2.24) is 0 Å². The third-order valence-electron chi connectivity index (χ3n) is 7.28. The number of esters is 1. The van der Waals surface area contributed by atoms with Crippen molar-refractivity contribution in [3.05, 3.63) is 69.8 Å². The molecule has 2 aromatic rings. The summed E-state index contributed by atoms with van der Waals surface area (Å²) in [7, 11) is 1.40. The first kappa shape index (κ1) is 26.0. The van der Waals surface area contributed by atoms with Crippen LogP contribution in [0.1, 0.15) is 111 Å². The van der Waals surface area contributed by atoms with Crippen molar-refractivity contribution in [2.24, 2.45) is 5.16 Å². The Morgan fingerprint density at radius 3 is 2.09 bits per heavy atom. The molecule has 34 heavy (non-hydrogen) atoms. The molecule has 0 amide bonds. The largest absolute Gasteiger partial charge is 0.465 e. The third kappa shape index (κ3) is 5.71. The van der Waals surface area contributed by atoms with Crippen LogP contribution in [0.4, 0.5) is 0 Å². The van der Waals surface area contributed by atoms with Crippen LogP contribution in [-0.2, 0) is 20.4 Å². The average Bonchev–Trinajstić information content (AvgIpc) is 2.81. The highest BCUT2D eigenvalue weighted by Gasteiger charge is 2.37. The lowest BCUT2D eigenvalue weighted by atomic mass is 9.62. The van der Waals surface area contributed by atoms with Gasteiger partial charge in [-0.25, -0.2) is 4.79 Å². The zero-order valence-electron chi connectivity index (χ0n) is 22.1. The predicted octanol–water partition coefficient (Wildman–Crippen LogP) is 7.48. The van der Waals surface area contributed by atoms with Crippen LogP contribution in [0.5, 0.6) is 0 Å². The van der Waals surface area contributed by atoms with E-state index < -0.39 is 0 Å². The topological polar surface area (TPSA) is 47.9 Å². The van der Waals surface area contributed by atoms with Crippen LogP contribution < -0.4 is 0 Å². The molecule has 0 N–H and O–H groups in total. The number of rotatable bonds is 9. The molecule has 0 radical (unpaired) electrons. The number of ether oxygens (including phenoxy) is 1. The van der Waals surface area contributed by atoms with Crippen LogP contribution in [0.15, 0.2) is 41.6 Å². The van der Waals surface area contributed by atoms with Crippen molar-refractivity contribution in [2.45, 2.75) is 90.9 Å². The fourth-order valence-corrected chi connectivity index (χ4v) is 4.82. The second kappa shape index (κ2) is 10.8. The van der Waals surface area contributed by atoms with Gasteiger partial charge in [-0.2, -0.15) is 0 Å². The molecule has 3 rings (SSSR count). The lowest BCUT2D eigenvalue weighted by molar-refractivity contribution is 0.0600. The van der Waals surface area contributed by atoms with Crippen LogP contribution >= 0.6 is 0 Å². The van der Waals surface area contributed by atoms with E-state index in [1.807, 2.05) is 12.1 Å². The maximum atomic E-state index is 11.9. The molecule has 0 bridgehead atoms. The maximum absolute atomic E-state index is 11.9. The van der Waals surface area contributed by atoms with Gasteiger partial charge in [-0.1, -0.05) is 70.8 Å². The fraction of sp³-hybridized carbons (Fsp3) is 0.533. The Balaban J connectivity index is 2.05. The minimum atomic E-state index is -0.342. The van der Waals surface area contributed by atoms with Gasteiger partial charge in [-0.3, -0.25) is 0 Å². The van der Waals surface area contributed by atoms with Crippen LogP contribution in [0.25, 0.3) is 0 Å². The zero-order chi connectivity index (χ0) is 24.9. The van der Waals surface area contributed by atoms with Crippen LogP contribution in [0.3, 0.4) is 0 Å². The Bertz CT molecular complexity index is 1030. The molecule has 0 saturated heterocycles. The summed E-state index contributed by atoms with van der Waals surface area (Å²) in [4.78, 5) is 17.8. The van der Waals surface area contributed by atoms with Gasteiger partial charge in [0.05, 0.1) is 12.7 Å². The summed E-state index contributed by atoms with van der Waals surface area (Å²) in [6.45, 7) is 14.3. The lowest BCUT2D eigenvalue weighted by Crippen LogP contribution is -2.34. The molecule has 4 heteroatoms. The number of hydrogen-bond donors (Lipinski definition) is 0. The minimum absolute atomic E-state index is 0.105. The first-order valence-corrected chi connectivity index (χ1v) is 12.7. The van der Waals surface area contributed by atoms with Crippen LogP contribution in [0.2, 0.25) is 0 Å². The summed E-state index contributed by atoms with van der Waals surface area (Å²) >= 11 is 0. The van der Waals surface area contributed by atoms with Gasteiger partial charge >= 0.3 is 5.97 Å². The molecule has 0 saturated carbocycles. The van der Waals surface area contributed by atoms with Gasteiger partial charge in [0.15, 0.2) is 0 Å². The molecule has 1 aliphatic carbocycles. The smallest absolute Gasteiger partial charge is 0.337 e. The summed E-state index contributed by atoms with van der Waals surface area (Å²) in [6, 6.07) is 12.1. The van der Waals surface area contributed by atoms with Gasteiger partial charge in [-0.05, 0) is 78.3 Å². The van der Waals surface area contributed by atoms with Crippen molar-refractivity contribution >= 4 is 11.7 Å². The third-order valence-corrected chi connectivity index (χ3v) is 7.28. The molecule has 0 atom stereocenters. The molecule has 0 fully saturated rings. The van der Waals surface area contributed by atoms with Gasteiger partial charge in [0.2, 0.25) is 0 Å². The molecular formula is C30H41NO3. The number of fused-ring (bicyclic) bond motifs is 1. The van der Waals surface area contributed by atoms with E-state index in [9.17, 15) is 4.79 Å². The summed E-state index contributed by atoms with van der Waals surface area (Å²) < 4.78 is 4.86. The van der Waals surface area contributed by atoms with Gasteiger partial charge in [0.25, 0.3) is 0 Å². The van der Waals surface area contributed by atoms with E-state index in [4.69, 9.17) is 9.57 Å². The number of nitrogens with zero attached hydrogens (tertiary/aromatic N) is 1. The molecule has 0 unspecified atom stereocenters. The van der Waals surface area contributed by atoms with E-state index >= 15 is 0 Å². The number of methoxy groups -OCH3 is 1. The first-order valence-electron chi connectivity index (χ1n) is 12.7. The molecule has 2 aromatic carbocycles. The number of unbranched alkanes of at least 4 members (excludes halogenated alkanes) is 3. The van der Waals surface area contributed by atoms with E-state index in [-0.39, 0.29) is 16.8 Å². The quantitative estimate of drug-likeness (QED) is 0.168. The van der Waals surface area contributed by atoms with Crippen molar-refractivity contribution in [3.8, 4) is 0 Å². The van der Waals surface area contributed by atoms with E-state index in [1.54, 1.807) is 12.1 Å². The molecule has 184 valence electrons. The molecule has 0 spiro atoms. The molecule has 4 nitrogen and oxygen atoms in total. The number of carbonyl (C=O) groups excluding carboxylic acids is 1. The van der Waals surface area contributed by atoms with Gasteiger partial charge in [-0.15, -0.1) is 0 Å². The Labute approximate surface area is 205 Å². The van der Waals surface area contributed by atoms with E-state index in [1.165, 1.54) is 43.1 Å². The Morgan fingerprint density at radius 2 is 1.50 bits per heavy atom. The summed E-state index contributed by atoms with van der Waals surface area (Å²) in [5.74, 6) is -0.342. The van der Waals surface area contributed by atoms with E-state index in [0.29, 0.717) is 12.2 Å². The van der Waals surface area contributed by atoms with Gasteiger partial charge in [0.1, 0.15) is 12.3 Å². The molecule has 0 aromatic heterocycles. The maximum Gasteiger partial charge on any atom is 0.337 e. The summed E-state index contributed by atoms with van der Waals surface area (Å²) in [6.07, 6.45) is 6.89. The highest BCUT2D eigenvalue weighted by atomic mass is 16.6. The number of benzene rings is 2. The van der Waals surface area contributed by atoms with Crippen LogP contribution in [-0.4, -0.2) is 25.4 Å². The van der Waals surface area contributed by atoms with Crippen molar-refractivity contribution < 1.29 is 14.4 Å². The molecule has 0 heterocycles. The zero-order valence-corrected chi connectivity index (χ0v) is 22.1. The Morgan fingerprint density at radius 1 is 0.912 bits per heavy atom. The van der Waals surface area contributed by atoms with E-state index in [2.05, 4.69) is 58.8 Å². The average molecular weight is 464 g/mol. The normalized spacial score (nSPS) is 16.6. The minimum Gasteiger partial charge on any atom is -0.465 e. The Kier molecular flexibility index (Phi) is 8.22. The first-order chi connectivity index (χ1) is 16.1.